The summed E-state index contributed by atoms with van der Waals surface area (Å²) < 4.78 is 12.7. The SMILES string of the molecule is C/C=C(\SC)S(=O)Cc1ccccc1. The maximum absolute atomic E-state index is 11.8. The van der Waals surface area contributed by atoms with Crippen LogP contribution in [0.5, 0.6) is 0 Å². The summed E-state index contributed by atoms with van der Waals surface area (Å²) in [6, 6.07) is 9.93. The average molecular weight is 226 g/mol. The summed E-state index contributed by atoms with van der Waals surface area (Å²) in [5.74, 6) is 0.612. The second-order valence-corrected chi connectivity index (χ2v) is 5.31. The van der Waals surface area contributed by atoms with Gasteiger partial charge in [-0.2, -0.15) is 0 Å². The van der Waals surface area contributed by atoms with Crippen LogP contribution in [0.15, 0.2) is 40.6 Å². The second-order valence-electron chi connectivity index (χ2n) is 2.79. The van der Waals surface area contributed by atoms with E-state index in [-0.39, 0.29) is 0 Å². The van der Waals surface area contributed by atoms with Gasteiger partial charge in [0.1, 0.15) is 0 Å². The predicted molar refractivity (Wildman–Crippen MR) is 65.6 cm³/mol. The van der Waals surface area contributed by atoms with E-state index in [0.29, 0.717) is 5.75 Å². The molecular weight excluding hydrogens is 212 g/mol. The van der Waals surface area contributed by atoms with Crippen molar-refractivity contribution in [2.75, 3.05) is 6.26 Å². The fourth-order valence-corrected chi connectivity index (χ4v) is 3.20. The molecule has 1 rings (SSSR count). The van der Waals surface area contributed by atoms with Gasteiger partial charge in [0, 0.05) is 0 Å². The number of hydrogen-bond acceptors (Lipinski definition) is 2. The summed E-state index contributed by atoms with van der Waals surface area (Å²) >= 11 is 1.56. The Labute approximate surface area is 92.1 Å². The van der Waals surface area contributed by atoms with Gasteiger partial charge < -0.3 is 0 Å². The highest BCUT2D eigenvalue weighted by atomic mass is 32.2. The molecule has 1 atom stereocenters. The zero-order valence-electron chi connectivity index (χ0n) is 8.40. The lowest BCUT2D eigenvalue weighted by atomic mass is 10.2. The first-order valence-electron chi connectivity index (χ1n) is 4.40. The van der Waals surface area contributed by atoms with E-state index >= 15 is 0 Å². The van der Waals surface area contributed by atoms with Gasteiger partial charge in [0.15, 0.2) is 0 Å². The Morgan fingerprint density at radius 1 is 1.43 bits per heavy atom. The van der Waals surface area contributed by atoms with Crippen LogP contribution in [0.4, 0.5) is 0 Å². The van der Waals surface area contributed by atoms with Crippen LogP contribution in [-0.2, 0) is 16.6 Å². The minimum atomic E-state index is -0.885. The van der Waals surface area contributed by atoms with E-state index in [1.165, 1.54) is 0 Å². The van der Waals surface area contributed by atoms with Crippen molar-refractivity contribution in [1.82, 2.24) is 0 Å². The van der Waals surface area contributed by atoms with Crippen LogP contribution < -0.4 is 0 Å². The normalized spacial score (nSPS) is 14.0. The van der Waals surface area contributed by atoms with E-state index in [1.807, 2.05) is 49.6 Å². The van der Waals surface area contributed by atoms with E-state index in [0.717, 1.165) is 9.80 Å². The number of rotatable bonds is 4. The molecule has 0 aliphatic rings. The largest absolute Gasteiger partial charge is 0.253 e. The minimum Gasteiger partial charge on any atom is -0.253 e. The standard InChI is InChI=1S/C11H14OS2/c1-3-11(13-2)14(12)9-10-7-5-4-6-8-10/h3-8H,9H2,1-2H3/b11-3+. The van der Waals surface area contributed by atoms with Crippen molar-refractivity contribution < 1.29 is 4.21 Å². The Bertz CT molecular complexity index is 330. The molecule has 0 aromatic heterocycles. The van der Waals surface area contributed by atoms with Gasteiger partial charge in [0.2, 0.25) is 0 Å². The molecule has 0 aliphatic heterocycles. The first-order chi connectivity index (χ1) is 6.77. The van der Waals surface area contributed by atoms with Crippen molar-refractivity contribution in [3.63, 3.8) is 0 Å². The van der Waals surface area contributed by atoms with Crippen LogP contribution in [0, 0.1) is 0 Å². The van der Waals surface area contributed by atoms with Gasteiger partial charge in [-0.15, -0.1) is 11.8 Å². The van der Waals surface area contributed by atoms with E-state index in [1.54, 1.807) is 11.8 Å². The topological polar surface area (TPSA) is 17.1 Å². The van der Waals surface area contributed by atoms with E-state index in [9.17, 15) is 4.21 Å². The highest BCUT2D eigenvalue weighted by Crippen LogP contribution is 2.19. The fourth-order valence-electron chi connectivity index (χ4n) is 1.14. The Kier molecular flexibility index (Phi) is 4.98. The molecule has 1 aromatic rings. The van der Waals surface area contributed by atoms with Crippen LogP contribution in [0.3, 0.4) is 0 Å². The van der Waals surface area contributed by atoms with Crippen LogP contribution in [0.25, 0.3) is 0 Å². The number of benzene rings is 1. The first kappa shape index (κ1) is 11.5. The fraction of sp³-hybridized carbons (Fsp3) is 0.273. The third-order valence-electron chi connectivity index (χ3n) is 1.80. The van der Waals surface area contributed by atoms with Gasteiger partial charge in [-0.25, -0.2) is 0 Å². The van der Waals surface area contributed by atoms with Crippen LogP contribution in [0.1, 0.15) is 12.5 Å². The number of hydrogen-bond donors (Lipinski definition) is 0. The summed E-state index contributed by atoms with van der Waals surface area (Å²) in [6.45, 7) is 1.93. The molecule has 0 saturated heterocycles. The molecule has 1 unspecified atom stereocenters. The van der Waals surface area contributed by atoms with Crippen molar-refractivity contribution in [3.05, 3.63) is 46.2 Å². The van der Waals surface area contributed by atoms with Gasteiger partial charge in [0.25, 0.3) is 0 Å². The quantitative estimate of drug-likeness (QED) is 0.784. The smallest absolute Gasteiger partial charge is 0.0674 e. The molecule has 14 heavy (non-hydrogen) atoms. The zero-order valence-corrected chi connectivity index (χ0v) is 10.0. The minimum absolute atomic E-state index is 0.612. The van der Waals surface area contributed by atoms with Gasteiger partial charge in [-0.1, -0.05) is 36.4 Å². The van der Waals surface area contributed by atoms with Gasteiger partial charge in [0.05, 0.1) is 20.8 Å². The molecule has 76 valence electrons. The Balaban J connectivity index is 2.66. The monoisotopic (exact) mass is 226 g/mol. The molecule has 1 aromatic carbocycles. The van der Waals surface area contributed by atoms with Crippen molar-refractivity contribution in [2.24, 2.45) is 0 Å². The lowest BCUT2D eigenvalue weighted by molar-refractivity contribution is 0.687. The lowest BCUT2D eigenvalue weighted by Crippen LogP contribution is -1.96. The summed E-state index contributed by atoms with van der Waals surface area (Å²) in [7, 11) is -0.885. The summed E-state index contributed by atoms with van der Waals surface area (Å²) in [5, 5.41) is 0. The maximum atomic E-state index is 11.8. The van der Waals surface area contributed by atoms with E-state index in [2.05, 4.69) is 0 Å². The number of allylic oxidation sites excluding steroid dienone is 1. The second kappa shape index (κ2) is 6.04. The summed E-state index contributed by atoms with van der Waals surface area (Å²) in [4.78, 5) is 0. The molecule has 0 amide bonds. The molecule has 0 aliphatic carbocycles. The van der Waals surface area contributed by atoms with Gasteiger partial charge in [-0.3, -0.25) is 4.21 Å². The van der Waals surface area contributed by atoms with Crippen molar-refractivity contribution in [3.8, 4) is 0 Å². The molecule has 1 nitrogen and oxygen atoms in total. The zero-order chi connectivity index (χ0) is 10.4. The highest BCUT2D eigenvalue weighted by Gasteiger charge is 2.05. The molecule has 0 N–H and O–H groups in total. The summed E-state index contributed by atoms with van der Waals surface area (Å²) in [5.41, 5.74) is 1.12. The molecule has 0 spiro atoms. The summed E-state index contributed by atoms with van der Waals surface area (Å²) in [6.07, 6.45) is 3.88. The third-order valence-corrected chi connectivity index (χ3v) is 4.78. The van der Waals surface area contributed by atoms with Crippen molar-refractivity contribution >= 4 is 22.6 Å². The Hall–Kier alpha value is -0.540. The van der Waals surface area contributed by atoms with Crippen molar-refractivity contribution in [1.29, 1.82) is 0 Å². The Morgan fingerprint density at radius 2 is 2.07 bits per heavy atom. The molecule has 0 saturated carbocycles. The number of thioether (sulfide) groups is 1. The molecule has 3 heteroatoms. The van der Waals surface area contributed by atoms with E-state index in [4.69, 9.17) is 0 Å². The van der Waals surface area contributed by atoms with E-state index < -0.39 is 10.8 Å². The first-order valence-corrected chi connectivity index (χ1v) is 6.95. The maximum Gasteiger partial charge on any atom is 0.0674 e. The van der Waals surface area contributed by atoms with Crippen LogP contribution >= 0.6 is 11.8 Å². The van der Waals surface area contributed by atoms with Crippen LogP contribution in [0.2, 0.25) is 0 Å². The average Bonchev–Trinajstić information content (AvgIpc) is 2.21. The molecule has 0 heterocycles. The Morgan fingerprint density at radius 3 is 2.57 bits per heavy atom. The van der Waals surface area contributed by atoms with Crippen LogP contribution in [-0.4, -0.2) is 10.5 Å². The molecule has 0 fully saturated rings. The van der Waals surface area contributed by atoms with Gasteiger partial charge in [-0.05, 0) is 18.7 Å². The highest BCUT2D eigenvalue weighted by molar-refractivity contribution is 8.15. The lowest BCUT2D eigenvalue weighted by Gasteiger charge is -2.03. The molecular formula is C11H14OS2. The molecule has 0 bridgehead atoms. The van der Waals surface area contributed by atoms with Gasteiger partial charge >= 0.3 is 0 Å². The predicted octanol–water partition coefficient (Wildman–Crippen LogP) is 3.16. The third kappa shape index (κ3) is 3.31. The van der Waals surface area contributed by atoms with Crippen molar-refractivity contribution in [2.45, 2.75) is 12.7 Å². The molecule has 0 radical (unpaired) electrons.